The van der Waals surface area contributed by atoms with Crippen LogP contribution in [0.3, 0.4) is 0 Å². The smallest absolute Gasteiger partial charge is 0.410 e. The Bertz CT molecular complexity index is 1760. The zero-order chi connectivity index (χ0) is 29.4. The van der Waals surface area contributed by atoms with Crippen molar-refractivity contribution in [3.63, 3.8) is 0 Å². The van der Waals surface area contributed by atoms with E-state index < -0.39 is 5.60 Å². The summed E-state index contributed by atoms with van der Waals surface area (Å²) in [6.45, 7) is 11.9. The first kappa shape index (κ1) is 27.4. The van der Waals surface area contributed by atoms with Gasteiger partial charge >= 0.3 is 6.09 Å². The third kappa shape index (κ3) is 5.83. The summed E-state index contributed by atoms with van der Waals surface area (Å²) in [6.07, 6.45) is 5.66. The Kier molecular flexibility index (Phi) is 7.14. The van der Waals surface area contributed by atoms with Gasteiger partial charge in [-0.3, -0.25) is 0 Å². The number of aromatic nitrogens is 5. The number of anilines is 3. The van der Waals surface area contributed by atoms with Crippen molar-refractivity contribution in [2.75, 3.05) is 29.9 Å². The summed E-state index contributed by atoms with van der Waals surface area (Å²) >= 11 is 0. The van der Waals surface area contributed by atoms with Crippen LogP contribution in [0.1, 0.15) is 44.4 Å². The number of nitrogens with zero attached hydrogens (tertiary/aromatic N) is 7. The number of pyridine rings is 1. The zero-order valence-corrected chi connectivity index (χ0v) is 24.7. The summed E-state index contributed by atoms with van der Waals surface area (Å²) in [5.74, 6) is 0.756. The Morgan fingerprint density at radius 3 is 2.67 bits per heavy atom. The van der Waals surface area contributed by atoms with E-state index in [1.54, 1.807) is 17.2 Å². The molecule has 6 rings (SSSR count). The minimum absolute atomic E-state index is 0.0219. The van der Waals surface area contributed by atoms with Crippen LogP contribution >= 0.6 is 0 Å². The number of hydrogen-bond donors (Lipinski definition) is 1. The Hall–Kier alpha value is -4.73. The van der Waals surface area contributed by atoms with Gasteiger partial charge < -0.3 is 19.9 Å². The van der Waals surface area contributed by atoms with Crippen LogP contribution < -0.4 is 10.2 Å². The Balaban J connectivity index is 1.18. The van der Waals surface area contributed by atoms with E-state index in [9.17, 15) is 4.79 Å². The number of aryl methyl sites for hydroxylation is 1. The highest BCUT2D eigenvalue weighted by Crippen LogP contribution is 2.30. The lowest BCUT2D eigenvalue weighted by Gasteiger charge is -2.41. The molecule has 2 aromatic carbocycles. The van der Waals surface area contributed by atoms with Crippen molar-refractivity contribution < 1.29 is 9.53 Å². The average molecular weight is 565 g/mol. The van der Waals surface area contributed by atoms with Crippen LogP contribution in [0.25, 0.3) is 16.6 Å². The summed E-state index contributed by atoms with van der Waals surface area (Å²) < 4.78 is 7.38. The highest BCUT2D eigenvalue weighted by molar-refractivity contribution is 5.93. The molecule has 5 aromatic rings. The summed E-state index contributed by atoms with van der Waals surface area (Å²) in [6, 6.07) is 16.8. The molecular weight excluding hydrogens is 528 g/mol. The van der Waals surface area contributed by atoms with E-state index in [2.05, 4.69) is 86.6 Å². The van der Waals surface area contributed by atoms with Crippen molar-refractivity contribution >= 4 is 39.8 Å². The van der Waals surface area contributed by atoms with E-state index in [0.29, 0.717) is 13.1 Å². The highest BCUT2D eigenvalue weighted by atomic mass is 16.6. The second-order valence-electron chi connectivity index (χ2n) is 11.9. The molecule has 0 spiro atoms. The maximum absolute atomic E-state index is 12.7. The molecule has 1 saturated heterocycles. The predicted octanol–water partition coefficient (Wildman–Crippen LogP) is 5.76. The summed E-state index contributed by atoms with van der Waals surface area (Å²) in [5, 5.41) is 8.64. The number of rotatable bonds is 5. The maximum Gasteiger partial charge on any atom is 0.410 e. The molecule has 0 radical (unpaired) electrons. The Morgan fingerprint density at radius 1 is 1.02 bits per heavy atom. The molecule has 0 unspecified atom stereocenters. The number of hydrogen-bond acceptors (Lipinski definition) is 8. The van der Waals surface area contributed by atoms with E-state index in [0.717, 1.165) is 46.7 Å². The quantitative estimate of drug-likeness (QED) is 0.288. The van der Waals surface area contributed by atoms with Gasteiger partial charge in [-0.2, -0.15) is 5.10 Å². The van der Waals surface area contributed by atoms with E-state index >= 15 is 0 Å². The lowest BCUT2D eigenvalue weighted by molar-refractivity contribution is 0.0159. The first-order chi connectivity index (χ1) is 20.1. The lowest BCUT2D eigenvalue weighted by atomic mass is 10.0. The monoisotopic (exact) mass is 564 g/mol. The number of piperazine rings is 1. The molecule has 3 aromatic heterocycles. The molecule has 10 heteroatoms. The van der Waals surface area contributed by atoms with E-state index in [-0.39, 0.29) is 12.1 Å². The van der Waals surface area contributed by atoms with Crippen molar-refractivity contribution in [1.29, 1.82) is 0 Å². The van der Waals surface area contributed by atoms with Crippen LogP contribution in [-0.2, 0) is 11.2 Å². The van der Waals surface area contributed by atoms with Crippen LogP contribution in [0, 0.1) is 6.92 Å². The minimum Gasteiger partial charge on any atom is -0.444 e. The van der Waals surface area contributed by atoms with Gasteiger partial charge in [0, 0.05) is 48.6 Å². The topological polar surface area (TPSA) is 101 Å². The molecule has 1 atom stereocenters. The Morgan fingerprint density at radius 2 is 1.88 bits per heavy atom. The van der Waals surface area contributed by atoms with Gasteiger partial charge in [-0.25, -0.2) is 24.3 Å². The summed E-state index contributed by atoms with van der Waals surface area (Å²) in [7, 11) is 0. The molecule has 10 nitrogen and oxygen atoms in total. The van der Waals surface area contributed by atoms with Crippen molar-refractivity contribution in [2.24, 2.45) is 0 Å². The van der Waals surface area contributed by atoms with Crippen molar-refractivity contribution in [2.45, 2.75) is 52.7 Å². The zero-order valence-electron chi connectivity index (χ0n) is 24.7. The molecule has 1 aliphatic rings. The second kappa shape index (κ2) is 10.9. The highest BCUT2D eigenvalue weighted by Gasteiger charge is 2.31. The minimum atomic E-state index is -0.512. The van der Waals surface area contributed by atoms with Crippen LogP contribution in [0.15, 0.2) is 67.4 Å². The molecule has 1 N–H and O–H groups in total. The standard InChI is InChI=1S/C32H36N8O2/c1-21-14-25(7-6-24(21)15-23-10-11-40-29(16-23)34-20-36-40)37-30-27-17-26(8-9-28(27)33-19-35-30)38-12-13-39(22(2)18-38)31(41)42-32(3,4)5/h6-11,14,16-17,19-20,22H,12-13,15,18H2,1-5H3,(H,33,35,37)/t22-/m1/s1. The average Bonchev–Trinajstić information content (AvgIpc) is 3.41. The molecule has 0 saturated carbocycles. The number of fused-ring (bicyclic) bond motifs is 2. The van der Waals surface area contributed by atoms with Gasteiger partial charge in [0.05, 0.1) is 5.52 Å². The van der Waals surface area contributed by atoms with Crippen molar-refractivity contribution in [3.8, 4) is 0 Å². The molecule has 1 amide bonds. The maximum atomic E-state index is 12.7. The first-order valence-electron chi connectivity index (χ1n) is 14.3. The second-order valence-corrected chi connectivity index (χ2v) is 11.9. The van der Waals surface area contributed by atoms with Crippen molar-refractivity contribution in [1.82, 2.24) is 29.5 Å². The molecule has 1 fully saturated rings. The van der Waals surface area contributed by atoms with Gasteiger partial charge in [-0.1, -0.05) is 6.07 Å². The number of ether oxygens (including phenoxy) is 1. The fourth-order valence-electron chi connectivity index (χ4n) is 5.42. The fraction of sp³-hybridized carbons (Fsp3) is 0.344. The van der Waals surface area contributed by atoms with E-state index in [1.807, 2.05) is 37.9 Å². The normalized spacial score (nSPS) is 15.8. The molecule has 0 aliphatic carbocycles. The number of benzene rings is 2. The Labute approximate surface area is 245 Å². The van der Waals surface area contributed by atoms with E-state index in [1.165, 1.54) is 16.7 Å². The lowest BCUT2D eigenvalue weighted by Crippen LogP contribution is -2.55. The van der Waals surface area contributed by atoms with Gasteiger partial charge in [-0.05, 0) is 100 Å². The van der Waals surface area contributed by atoms with Crippen LogP contribution in [0.5, 0.6) is 0 Å². The largest absolute Gasteiger partial charge is 0.444 e. The molecular formula is C32H36N8O2. The SMILES string of the molecule is Cc1cc(Nc2ncnc3ccc(N4CCN(C(=O)OC(C)(C)C)[C@H](C)C4)cc23)ccc1Cc1ccn2ncnc2c1. The van der Waals surface area contributed by atoms with Crippen LogP contribution in [0.2, 0.25) is 0 Å². The van der Waals surface area contributed by atoms with Crippen LogP contribution in [-0.4, -0.2) is 66.8 Å². The van der Waals surface area contributed by atoms with Gasteiger partial charge in [-0.15, -0.1) is 0 Å². The predicted molar refractivity (Wildman–Crippen MR) is 164 cm³/mol. The van der Waals surface area contributed by atoms with Crippen molar-refractivity contribution in [3.05, 3.63) is 84.1 Å². The fourth-order valence-corrected chi connectivity index (χ4v) is 5.42. The molecule has 1 aliphatic heterocycles. The van der Waals surface area contributed by atoms with Gasteiger partial charge in [0.2, 0.25) is 0 Å². The van der Waals surface area contributed by atoms with Gasteiger partial charge in [0.15, 0.2) is 5.65 Å². The first-order valence-corrected chi connectivity index (χ1v) is 14.3. The summed E-state index contributed by atoms with van der Waals surface area (Å²) in [4.78, 5) is 30.2. The number of carbonyl (C=O) groups excluding carboxylic acids is 1. The number of amides is 1. The molecule has 0 bridgehead atoms. The van der Waals surface area contributed by atoms with E-state index in [4.69, 9.17) is 4.74 Å². The third-order valence-corrected chi connectivity index (χ3v) is 7.58. The van der Waals surface area contributed by atoms with Gasteiger partial charge in [0.1, 0.15) is 24.1 Å². The summed E-state index contributed by atoms with van der Waals surface area (Å²) in [5.41, 5.74) is 6.88. The molecule has 42 heavy (non-hydrogen) atoms. The van der Waals surface area contributed by atoms with Gasteiger partial charge in [0.25, 0.3) is 0 Å². The molecule has 4 heterocycles. The molecule has 216 valence electrons. The number of carbonyl (C=O) groups is 1. The number of nitrogens with one attached hydrogen (secondary N) is 1. The third-order valence-electron chi connectivity index (χ3n) is 7.58. The van der Waals surface area contributed by atoms with Crippen LogP contribution in [0.4, 0.5) is 22.0 Å².